The van der Waals surface area contributed by atoms with Gasteiger partial charge in [0.2, 0.25) is 0 Å². The largest absolute Gasteiger partial charge is 0.376 e. The molecular weight excluding hydrogens is 170 g/mol. The van der Waals surface area contributed by atoms with Crippen molar-refractivity contribution >= 4 is 11.8 Å². The molecule has 3 N–H and O–H groups in total. The Morgan fingerprint density at radius 1 is 1.58 bits per heavy atom. The van der Waals surface area contributed by atoms with E-state index in [0.717, 1.165) is 17.9 Å². The van der Waals surface area contributed by atoms with E-state index in [1.165, 1.54) is 5.57 Å². The highest BCUT2D eigenvalue weighted by Crippen LogP contribution is 2.11. The number of allylic oxidation sites excluding steroid dienone is 1. The number of thioether (sulfide) groups is 1. The van der Waals surface area contributed by atoms with Crippen LogP contribution in [0.1, 0.15) is 26.7 Å². The Bertz CT molecular complexity index is 140. The summed E-state index contributed by atoms with van der Waals surface area (Å²) in [5.41, 5.74) is 5.61. The summed E-state index contributed by atoms with van der Waals surface area (Å²) >= 11 is 1.81. The molecule has 3 heteroatoms. The van der Waals surface area contributed by atoms with E-state index in [1.54, 1.807) is 6.92 Å². The van der Waals surface area contributed by atoms with Crippen LogP contribution in [0.5, 0.6) is 0 Å². The van der Waals surface area contributed by atoms with Crippen LogP contribution in [0, 0.1) is 0 Å². The molecule has 0 spiro atoms. The first kappa shape index (κ1) is 12.0. The smallest absolute Gasteiger partial charge is 0.111 e. The summed E-state index contributed by atoms with van der Waals surface area (Å²) in [6, 6.07) is 0. The van der Waals surface area contributed by atoms with Gasteiger partial charge in [0.05, 0.1) is 0 Å². The lowest BCUT2D eigenvalue weighted by Gasteiger charge is -2.16. The molecule has 0 aliphatic rings. The van der Waals surface area contributed by atoms with Crippen LogP contribution in [0.2, 0.25) is 0 Å². The molecule has 1 unspecified atom stereocenters. The van der Waals surface area contributed by atoms with E-state index in [0.29, 0.717) is 6.42 Å². The average Bonchev–Trinajstić information content (AvgIpc) is 1.83. The minimum Gasteiger partial charge on any atom is -0.376 e. The standard InChI is InChI=1S/C9H19NOS/c1-8(2)4-6-12-7-5-9(3,10)11/h11H,1,4-7,10H2,2-3H3. The van der Waals surface area contributed by atoms with Crippen LogP contribution in [0.4, 0.5) is 0 Å². The average molecular weight is 189 g/mol. The Labute approximate surface area is 79.2 Å². The molecule has 0 aliphatic heterocycles. The van der Waals surface area contributed by atoms with Crippen molar-refractivity contribution in [1.82, 2.24) is 0 Å². The second-order valence-corrected chi connectivity index (χ2v) is 4.65. The molecule has 0 saturated carbocycles. The van der Waals surface area contributed by atoms with Gasteiger partial charge in [0.15, 0.2) is 0 Å². The molecule has 0 rings (SSSR count). The highest BCUT2D eigenvalue weighted by molar-refractivity contribution is 7.99. The van der Waals surface area contributed by atoms with Crippen molar-refractivity contribution in [3.63, 3.8) is 0 Å². The third-order valence-electron chi connectivity index (χ3n) is 1.43. The molecule has 12 heavy (non-hydrogen) atoms. The third kappa shape index (κ3) is 10.0. The van der Waals surface area contributed by atoms with Crippen molar-refractivity contribution in [1.29, 1.82) is 0 Å². The normalized spacial score (nSPS) is 15.7. The van der Waals surface area contributed by atoms with E-state index in [2.05, 4.69) is 6.58 Å². The Balaban J connectivity index is 3.17. The van der Waals surface area contributed by atoms with Gasteiger partial charge in [-0.1, -0.05) is 5.57 Å². The zero-order valence-electron chi connectivity index (χ0n) is 7.97. The maximum absolute atomic E-state index is 9.17. The summed E-state index contributed by atoms with van der Waals surface area (Å²) in [6.07, 6.45) is 1.70. The van der Waals surface area contributed by atoms with Gasteiger partial charge >= 0.3 is 0 Å². The number of nitrogens with two attached hydrogens (primary N) is 1. The first-order valence-corrected chi connectivity index (χ1v) is 5.30. The number of rotatable bonds is 6. The van der Waals surface area contributed by atoms with Crippen molar-refractivity contribution in [3.8, 4) is 0 Å². The molecule has 0 amide bonds. The molecule has 0 fully saturated rings. The maximum Gasteiger partial charge on any atom is 0.111 e. The molecule has 0 bridgehead atoms. The van der Waals surface area contributed by atoms with Crippen molar-refractivity contribution < 1.29 is 5.11 Å². The summed E-state index contributed by atoms with van der Waals surface area (Å²) in [4.78, 5) is 0. The van der Waals surface area contributed by atoms with Gasteiger partial charge in [0, 0.05) is 0 Å². The zero-order valence-corrected chi connectivity index (χ0v) is 8.78. The van der Waals surface area contributed by atoms with E-state index >= 15 is 0 Å². The summed E-state index contributed by atoms with van der Waals surface area (Å²) in [6.45, 7) is 7.47. The van der Waals surface area contributed by atoms with E-state index in [4.69, 9.17) is 5.73 Å². The lowest BCUT2D eigenvalue weighted by atomic mass is 10.2. The van der Waals surface area contributed by atoms with Gasteiger partial charge in [-0.2, -0.15) is 11.8 Å². The Morgan fingerprint density at radius 3 is 2.58 bits per heavy atom. The maximum atomic E-state index is 9.17. The monoisotopic (exact) mass is 189 g/mol. The summed E-state index contributed by atoms with van der Waals surface area (Å²) < 4.78 is 0. The molecule has 72 valence electrons. The summed E-state index contributed by atoms with van der Waals surface area (Å²) in [5.74, 6) is 1.99. The summed E-state index contributed by atoms with van der Waals surface area (Å²) in [7, 11) is 0. The predicted octanol–water partition coefficient (Wildman–Crippen LogP) is 1.74. The molecule has 0 saturated heterocycles. The van der Waals surface area contributed by atoms with Gasteiger partial charge in [0.25, 0.3) is 0 Å². The van der Waals surface area contributed by atoms with E-state index in [9.17, 15) is 5.11 Å². The minimum atomic E-state index is -1.00. The molecule has 1 atom stereocenters. The van der Waals surface area contributed by atoms with Crippen LogP contribution >= 0.6 is 11.8 Å². The fourth-order valence-electron chi connectivity index (χ4n) is 0.627. The second-order valence-electron chi connectivity index (χ2n) is 3.43. The van der Waals surface area contributed by atoms with Crippen molar-refractivity contribution in [3.05, 3.63) is 12.2 Å². The molecule has 0 heterocycles. The molecular formula is C9H19NOS. The fourth-order valence-corrected chi connectivity index (χ4v) is 1.88. The van der Waals surface area contributed by atoms with Crippen LogP contribution in [0.25, 0.3) is 0 Å². The first-order valence-electron chi connectivity index (χ1n) is 4.15. The van der Waals surface area contributed by atoms with Crippen LogP contribution in [0.15, 0.2) is 12.2 Å². The predicted molar refractivity (Wildman–Crippen MR) is 56.2 cm³/mol. The topological polar surface area (TPSA) is 46.2 Å². The quantitative estimate of drug-likeness (QED) is 0.380. The van der Waals surface area contributed by atoms with Crippen LogP contribution in [-0.2, 0) is 0 Å². The molecule has 0 aromatic heterocycles. The molecule has 0 aromatic rings. The van der Waals surface area contributed by atoms with E-state index in [1.807, 2.05) is 18.7 Å². The lowest BCUT2D eigenvalue weighted by Crippen LogP contribution is -2.35. The van der Waals surface area contributed by atoms with E-state index < -0.39 is 5.72 Å². The van der Waals surface area contributed by atoms with Gasteiger partial charge in [-0.05, 0) is 38.2 Å². The minimum absolute atomic E-state index is 0.647. The number of hydrogen-bond donors (Lipinski definition) is 2. The highest BCUT2D eigenvalue weighted by atomic mass is 32.2. The number of aliphatic hydroxyl groups is 1. The van der Waals surface area contributed by atoms with Crippen molar-refractivity contribution in [2.24, 2.45) is 5.73 Å². The second kappa shape index (κ2) is 5.62. The summed E-state index contributed by atoms with van der Waals surface area (Å²) in [5, 5.41) is 9.17. The Hall–Kier alpha value is 0.01000. The lowest BCUT2D eigenvalue weighted by molar-refractivity contribution is 0.0645. The van der Waals surface area contributed by atoms with Gasteiger partial charge in [0.1, 0.15) is 5.72 Å². The van der Waals surface area contributed by atoms with Crippen molar-refractivity contribution in [2.45, 2.75) is 32.4 Å². The Kier molecular flexibility index (Phi) is 5.63. The molecule has 0 radical (unpaired) electrons. The molecule has 0 aromatic carbocycles. The highest BCUT2D eigenvalue weighted by Gasteiger charge is 2.11. The third-order valence-corrected chi connectivity index (χ3v) is 2.41. The zero-order chi connectivity index (χ0) is 9.61. The van der Waals surface area contributed by atoms with Gasteiger partial charge in [-0.15, -0.1) is 6.58 Å². The fraction of sp³-hybridized carbons (Fsp3) is 0.778. The first-order chi connectivity index (χ1) is 5.42. The van der Waals surface area contributed by atoms with Crippen LogP contribution in [-0.4, -0.2) is 22.3 Å². The SMILES string of the molecule is C=C(C)CCSCCC(C)(N)O. The Morgan fingerprint density at radius 2 is 2.17 bits per heavy atom. The van der Waals surface area contributed by atoms with E-state index in [-0.39, 0.29) is 0 Å². The van der Waals surface area contributed by atoms with Gasteiger partial charge < -0.3 is 10.8 Å². The van der Waals surface area contributed by atoms with Crippen LogP contribution < -0.4 is 5.73 Å². The number of hydrogen-bond acceptors (Lipinski definition) is 3. The van der Waals surface area contributed by atoms with Crippen molar-refractivity contribution in [2.75, 3.05) is 11.5 Å². The van der Waals surface area contributed by atoms with Crippen LogP contribution in [0.3, 0.4) is 0 Å². The van der Waals surface area contributed by atoms with Gasteiger partial charge in [-0.25, -0.2) is 0 Å². The van der Waals surface area contributed by atoms with Gasteiger partial charge in [-0.3, -0.25) is 0 Å². The molecule has 0 aliphatic carbocycles. The molecule has 2 nitrogen and oxygen atoms in total.